The summed E-state index contributed by atoms with van der Waals surface area (Å²) in [5, 5.41) is 8.98. The molecular formula is C11H19N3O. The van der Waals surface area contributed by atoms with Crippen molar-refractivity contribution in [3.05, 3.63) is 17.8 Å². The van der Waals surface area contributed by atoms with Crippen LogP contribution >= 0.6 is 0 Å². The quantitative estimate of drug-likeness (QED) is 0.764. The highest BCUT2D eigenvalue weighted by Gasteiger charge is 2.09. The molecule has 84 valence electrons. The molecule has 0 unspecified atom stereocenters. The Labute approximate surface area is 90.7 Å². The van der Waals surface area contributed by atoms with Crippen LogP contribution in [-0.4, -0.2) is 29.8 Å². The zero-order valence-corrected chi connectivity index (χ0v) is 9.40. The van der Waals surface area contributed by atoms with E-state index in [0.717, 1.165) is 24.3 Å². The van der Waals surface area contributed by atoms with Gasteiger partial charge >= 0.3 is 0 Å². The number of aliphatic hydroxyl groups is 1. The fraction of sp³-hybridized carbons (Fsp3) is 0.545. The van der Waals surface area contributed by atoms with Crippen LogP contribution in [-0.2, 0) is 0 Å². The molecule has 0 aliphatic carbocycles. The van der Waals surface area contributed by atoms with Crippen LogP contribution in [0.2, 0.25) is 0 Å². The van der Waals surface area contributed by atoms with Crippen LogP contribution in [0.1, 0.15) is 18.9 Å². The third-order valence-corrected chi connectivity index (χ3v) is 2.23. The molecule has 0 aromatic carbocycles. The Bertz CT molecular complexity index is 309. The average molecular weight is 209 g/mol. The highest BCUT2D eigenvalue weighted by atomic mass is 16.3. The number of anilines is 2. The molecule has 1 heterocycles. The van der Waals surface area contributed by atoms with E-state index in [1.807, 2.05) is 13.0 Å². The van der Waals surface area contributed by atoms with E-state index in [0.29, 0.717) is 12.2 Å². The van der Waals surface area contributed by atoms with Gasteiger partial charge < -0.3 is 15.7 Å². The van der Waals surface area contributed by atoms with Crippen LogP contribution in [0.3, 0.4) is 0 Å². The molecule has 0 atom stereocenters. The van der Waals surface area contributed by atoms with E-state index >= 15 is 0 Å². The van der Waals surface area contributed by atoms with Crippen molar-refractivity contribution in [3.63, 3.8) is 0 Å². The first-order valence-corrected chi connectivity index (χ1v) is 5.27. The van der Waals surface area contributed by atoms with Crippen LogP contribution in [0, 0.1) is 6.92 Å². The molecule has 0 aliphatic rings. The van der Waals surface area contributed by atoms with Crippen LogP contribution in [0.25, 0.3) is 0 Å². The van der Waals surface area contributed by atoms with Crippen LogP contribution in [0.4, 0.5) is 11.5 Å². The highest BCUT2D eigenvalue weighted by Crippen LogP contribution is 2.18. The average Bonchev–Trinajstić information content (AvgIpc) is 2.17. The summed E-state index contributed by atoms with van der Waals surface area (Å²) in [7, 11) is 0. The normalized spacial score (nSPS) is 10.3. The van der Waals surface area contributed by atoms with Gasteiger partial charge in [0.25, 0.3) is 0 Å². The molecule has 0 amide bonds. The molecule has 4 heteroatoms. The largest absolute Gasteiger partial charge is 0.397 e. The molecule has 15 heavy (non-hydrogen) atoms. The summed E-state index contributed by atoms with van der Waals surface area (Å²) in [6.45, 7) is 5.76. The Morgan fingerprint density at radius 1 is 1.47 bits per heavy atom. The Hall–Kier alpha value is -1.29. The van der Waals surface area contributed by atoms with Gasteiger partial charge in [-0.25, -0.2) is 4.98 Å². The van der Waals surface area contributed by atoms with Gasteiger partial charge in [-0.2, -0.15) is 0 Å². The molecule has 1 aromatic heterocycles. The SMILES string of the molecule is CCCN(CCO)c1ncc(N)cc1C. The molecule has 0 radical (unpaired) electrons. The van der Waals surface area contributed by atoms with E-state index in [4.69, 9.17) is 10.8 Å². The summed E-state index contributed by atoms with van der Waals surface area (Å²) >= 11 is 0. The Kier molecular flexibility index (Phi) is 4.37. The van der Waals surface area contributed by atoms with Crippen molar-refractivity contribution in [1.29, 1.82) is 0 Å². The maximum absolute atomic E-state index is 8.98. The van der Waals surface area contributed by atoms with Crippen molar-refractivity contribution in [2.24, 2.45) is 0 Å². The molecule has 1 rings (SSSR count). The third-order valence-electron chi connectivity index (χ3n) is 2.23. The minimum absolute atomic E-state index is 0.144. The van der Waals surface area contributed by atoms with Gasteiger partial charge in [-0.15, -0.1) is 0 Å². The first-order chi connectivity index (χ1) is 7.19. The first kappa shape index (κ1) is 11.8. The highest BCUT2D eigenvalue weighted by molar-refractivity contribution is 5.52. The summed E-state index contributed by atoms with van der Waals surface area (Å²) < 4.78 is 0. The summed E-state index contributed by atoms with van der Waals surface area (Å²) in [6, 6.07) is 1.91. The predicted octanol–water partition coefficient (Wildman–Crippen LogP) is 1.18. The number of rotatable bonds is 5. The molecule has 0 spiro atoms. The number of nitrogens with zero attached hydrogens (tertiary/aromatic N) is 2. The number of nitrogens with two attached hydrogens (primary N) is 1. The minimum Gasteiger partial charge on any atom is -0.397 e. The standard InChI is InChI=1S/C11H19N3O/c1-3-4-14(5-6-15)11-9(2)7-10(12)8-13-11/h7-8,15H,3-6,12H2,1-2H3. The van der Waals surface area contributed by atoms with E-state index in [9.17, 15) is 0 Å². The van der Waals surface area contributed by atoms with Crippen molar-refractivity contribution in [2.45, 2.75) is 20.3 Å². The monoisotopic (exact) mass is 209 g/mol. The minimum atomic E-state index is 0.144. The van der Waals surface area contributed by atoms with Gasteiger partial charge in [0.1, 0.15) is 5.82 Å². The van der Waals surface area contributed by atoms with Crippen LogP contribution in [0.5, 0.6) is 0 Å². The van der Waals surface area contributed by atoms with Crippen molar-refractivity contribution in [3.8, 4) is 0 Å². The van der Waals surface area contributed by atoms with Gasteiger partial charge in [-0.1, -0.05) is 6.92 Å². The molecule has 0 saturated heterocycles. The van der Waals surface area contributed by atoms with Crippen molar-refractivity contribution < 1.29 is 5.11 Å². The second-order valence-corrected chi connectivity index (χ2v) is 3.62. The fourth-order valence-corrected chi connectivity index (χ4v) is 1.63. The molecule has 0 bridgehead atoms. The van der Waals surface area contributed by atoms with Gasteiger partial charge in [-0.3, -0.25) is 0 Å². The van der Waals surface area contributed by atoms with E-state index in [2.05, 4.69) is 16.8 Å². The van der Waals surface area contributed by atoms with Gasteiger partial charge in [0.15, 0.2) is 0 Å². The van der Waals surface area contributed by atoms with Gasteiger partial charge in [0.05, 0.1) is 18.5 Å². The lowest BCUT2D eigenvalue weighted by atomic mass is 10.2. The number of aryl methyl sites for hydroxylation is 1. The Morgan fingerprint density at radius 3 is 2.73 bits per heavy atom. The maximum Gasteiger partial charge on any atom is 0.131 e. The number of aliphatic hydroxyl groups excluding tert-OH is 1. The van der Waals surface area contributed by atoms with Gasteiger partial charge in [0.2, 0.25) is 0 Å². The van der Waals surface area contributed by atoms with Gasteiger partial charge in [-0.05, 0) is 25.0 Å². The molecule has 1 aromatic rings. The molecule has 0 saturated carbocycles. The molecular weight excluding hydrogens is 190 g/mol. The summed E-state index contributed by atoms with van der Waals surface area (Å²) in [5.41, 5.74) is 7.38. The zero-order chi connectivity index (χ0) is 11.3. The lowest BCUT2D eigenvalue weighted by Crippen LogP contribution is -2.29. The van der Waals surface area contributed by atoms with Gasteiger partial charge in [0, 0.05) is 13.1 Å². The third kappa shape index (κ3) is 3.09. The topological polar surface area (TPSA) is 62.4 Å². The first-order valence-electron chi connectivity index (χ1n) is 5.27. The fourth-order valence-electron chi connectivity index (χ4n) is 1.63. The lowest BCUT2D eigenvalue weighted by Gasteiger charge is -2.23. The lowest BCUT2D eigenvalue weighted by molar-refractivity contribution is 0.301. The summed E-state index contributed by atoms with van der Waals surface area (Å²) in [5.74, 6) is 0.917. The summed E-state index contributed by atoms with van der Waals surface area (Å²) in [6.07, 6.45) is 2.69. The van der Waals surface area contributed by atoms with Crippen molar-refractivity contribution in [1.82, 2.24) is 4.98 Å². The number of nitrogen functional groups attached to an aromatic ring is 1. The number of hydrogen-bond donors (Lipinski definition) is 2. The van der Waals surface area contributed by atoms with E-state index < -0.39 is 0 Å². The van der Waals surface area contributed by atoms with Crippen LogP contribution in [0.15, 0.2) is 12.3 Å². The second kappa shape index (κ2) is 5.56. The molecule has 3 N–H and O–H groups in total. The molecule has 0 fully saturated rings. The van der Waals surface area contributed by atoms with Crippen LogP contribution < -0.4 is 10.6 Å². The Balaban J connectivity index is 2.89. The smallest absolute Gasteiger partial charge is 0.131 e. The number of pyridine rings is 1. The zero-order valence-electron chi connectivity index (χ0n) is 9.40. The van der Waals surface area contributed by atoms with E-state index in [1.54, 1.807) is 6.20 Å². The summed E-state index contributed by atoms with van der Waals surface area (Å²) in [4.78, 5) is 6.38. The number of hydrogen-bond acceptors (Lipinski definition) is 4. The Morgan fingerprint density at radius 2 is 2.20 bits per heavy atom. The predicted molar refractivity (Wildman–Crippen MR) is 63.0 cm³/mol. The molecule has 4 nitrogen and oxygen atoms in total. The van der Waals surface area contributed by atoms with Crippen molar-refractivity contribution >= 4 is 11.5 Å². The maximum atomic E-state index is 8.98. The molecule has 0 aliphatic heterocycles. The number of aromatic nitrogens is 1. The van der Waals surface area contributed by atoms with E-state index in [-0.39, 0.29) is 6.61 Å². The van der Waals surface area contributed by atoms with E-state index in [1.165, 1.54) is 0 Å². The second-order valence-electron chi connectivity index (χ2n) is 3.62. The van der Waals surface area contributed by atoms with Crippen molar-refractivity contribution in [2.75, 3.05) is 30.3 Å².